The van der Waals surface area contributed by atoms with Gasteiger partial charge in [0.1, 0.15) is 15.9 Å². The van der Waals surface area contributed by atoms with E-state index >= 15 is 0 Å². The lowest BCUT2D eigenvalue weighted by atomic mass is 9.89. The minimum atomic E-state index is -0.975. The number of fused-ring (bicyclic) bond motifs is 1. The van der Waals surface area contributed by atoms with Crippen LogP contribution in [-0.2, 0) is 0 Å². The number of hydrogen-bond acceptors (Lipinski definition) is 5. The van der Waals surface area contributed by atoms with Crippen molar-refractivity contribution in [1.82, 2.24) is 4.98 Å². The average molecular weight is 297 g/mol. The molecule has 1 atom stereocenters. The van der Waals surface area contributed by atoms with Crippen LogP contribution >= 0.6 is 11.3 Å². The quantitative estimate of drug-likeness (QED) is 0.909. The van der Waals surface area contributed by atoms with Crippen LogP contribution in [0.3, 0.4) is 0 Å². The summed E-state index contributed by atoms with van der Waals surface area (Å²) < 4.78 is 0. The van der Waals surface area contributed by atoms with Crippen molar-refractivity contribution in [2.24, 2.45) is 4.99 Å². The maximum atomic E-state index is 11.1. The van der Waals surface area contributed by atoms with Crippen LogP contribution in [0.5, 0.6) is 0 Å². The van der Waals surface area contributed by atoms with Crippen LogP contribution in [0, 0.1) is 18.3 Å². The highest BCUT2D eigenvalue weighted by Crippen LogP contribution is 2.34. The van der Waals surface area contributed by atoms with E-state index in [1.165, 1.54) is 0 Å². The predicted molar refractivity (Wildman–Crippen MR) is 80.5 cm³/mol. The Morgan fingerprint density at radius 1 is 1.52 bits per heavy atom. The summed E-state index contributed by atoms with van der Waals surface area (Å²) >= 11 is 1.13. The standard InChI is InChI=1S/C15H11N3O2S/c1-8-13(15(19)20)21-14(18-8)10-5-9-3-2-4-17-12(9)11(6-10)7-16/h3-6,12H,2H2,1H3,(H,19,20). The zero-order chi connectivity index (χ0) is 15.0. The molecule has 6 heteroatoms. The number of nitrogens with zero attached hydrogens (tertiary/aromatic N) is 3. The van der Waals surface area contributed by atoms with E-state index in [1.807, 2.05) is 12.2 Å². The summed E-state index contributed by atoms with van der Waals surface area (Å²) in [7, 11) is 0. The van der Waals surface area contributed by atoms with Gasteiger partial charge in [-0.1, -0.05) is 6.08 Å². The van der Waals surface area contributed by atoms with Crippen LogP contribution in [0.1, 0.15) is 26.8 Å². The number of rotatable bonds is 2. The van der Waals surface area contributed by atoms with Crippen LogP contribution in [0.2, 0.25) is 0 Å². The molecule has 2 heterocycles. The molecule has 0 amide bonds. The van der Waals surface area contributed by atoms with E-state index in [-0.39, 0.29) is 10.9 Å². The number of aromatic carboxylic acids is 1. The largest absolute Gasteiger partial charge is 0.477 e. The summed E-state index contributed by atoms with van der Waals surface area (Å²) in [6.45, 7) is 1.68. The second kappa shape index (κ2) is 5.11. The zero-order valence-corrected chi connectivity index (χ0v) is 12.0. The van der Waals surface area contributed by atoms with Crippen molar-refractivity contribution in [1.29, 1.82) is 5.26 Å². The van der Waals surface area contributed by atoms with Gasteiger partial charge in [0.25, 0.3) is 0 Å². The van der Waals surface area contributed by atoms with Gasteiger partial charge in [-0.2, -0.15) is 5.26 Å². The van der Waals surface area contributed by atoms with Crippen molar-refractivity contribution in [3.05, 3.63) is 45.0 Å². The Labute approximate surface area is 125 Å². The Morgan fingerprint density at radius 3 is 3.00 bits per heavy atom. The van der Waals surface area contributed by atoms with Crippen molar-refractivity contribution < 1.29 is 9.90 Å². The molecule has 5 nitrogen and oxygen atoms in total. The lowest BCUT2D eigenvalue weighted by Gasteiger charge is -2.21. The average Bonchev–Trinajstić information content (AvgIpc) is 2.88. The molecule has 0 saturated carbocycles. The number of hydrogen-bond donors (Lipinski definition) is 1. The molecule has 1 unspecified atom stereocenters. The first-order valence-corrected chi connectivity index (χ1v) is 7.18. The third kappa shape index (κ3) is 2.32. The highest BCUT2D eigenvalue weighted by atomic mass is 32.1. The van der Waals surface area contributed by atoms with Gasteiger partial charge < -0.3 is 5.11 Å². The summed E-state index contributed by atoms with van der Waals surface area (Å²) in [5.74, 6) is -0.975. The van der Waals surface area contributed by atoms with Crippen LogP contribution in [0.4, 0.5) is 0 Å². The van der Waals surface area contributed by atoms with Crippen LogP contribution in [0.25, 0.3) is 5.57 Å². The first-order chi connectivity index (χ1) is 10.1. The van der Waals surface area contributed by atoms with E-state index in [0.717, 1.165) is 28.9 Å². The number of aliphatic imine (C=N–C) groups is 1. The van der Waals surface area contributed by atoms with E-state index in [4.69, 9.17) is 5.11 Å². The number of carboxylic acids is 1. The third-order valence-electron chi connectivity index (χ3n) is 3.32. The lowest BCUT2D eigenvalue weighted by Crippen LogP contribution is -2.16. The summed E-state index contributed by atoms with van der Waals surface area (Å²) in [6.07, 6.45) is 8.25. The SMILES string of the molecule is Cc1nc(C2=CC3=CCC=NC3C(C#N)=C2)sc1C(=O)O. The van der Waals surface area contributed by atoms with Crippen molar-refractivity contribution >= 4 is 29.1 Å². The number of aryl methyl sites for hydroxylation is 1. The summed E-state index contributed by atoms with van der Waals surface area (Å²) in [5.41, 5.74) is 2.79. The normalized spacial score (nSPS) is 20.0. The molecule has 0 aromatic carbocycles. The molecule has 1 aliphatic heterocycles. The van der Waals surface area contributed by atoms with Gasteiger partial charge in [-0.05, 0) is 24.6 Å². The van der Waals surface area contributed by atoms with Crippen molar-refractivity contribution in [2.75, 3.05) is 0 Å². The fourth-order valence-corrected chi connectivity index (χ4v) is 3.25. The minimum Gasteiger partial charge on any atom is -0.477 e. The molecule has 0 radical (unpaired) electrons. The van der Waals surface area contributed by atoms with Crippen LogP contribution in [0.15, 0.2) is 34.4 Å². The Hall–Kier alpha value is -2.52. The first kappa shape index (κ1) is 13.5. The maximum Gasteiger partial charge on any atom is 0.347 e. The lowest BCUT2D eigenvalue weighted by molar-refractivity contribution is 0.0701. The van der Waals surface area contributed by atoms with E-state index < -0.39 is 5.97 Å². The van der Waals surface area contributed by atoms with Crippen molar-refractivity contribution in [3.63, 3.8) is 0 Å². The van der Waals surface area contributed by atoms with E-state index in [2.05, 4.69) is 16.0 Å². The molecule has 21 heavy (non-hydrogen) atoms. The Bertz CT molecular complexity index is 790. The fraction of sp³-hybridized carbons (Fsp3) is 0.200. The number of carboxylic acid groups (broad SMARTS) is 1. The Balaban J connectivity index is 2.07. The van der Waals surface area contributed by atoms with Gasteiger partial charge in [0.2, 0.25) is 0 Å². The molecule has 1 aromatic rings. The number of carbonyl (C=O) groups is 1. The van der Waals surface area contributed by atoms with Crippen molar-refractivity contribution in [3.8, 4) is 6.07 Å². The highest BCUT2D eigenvalue weighted by molar-refractivity contribution is 7.14. The van der Waals surface area contributed by atoms with Gasteiger partial charge in [0, 0.05) is 18.2 Å². The molecule has 3 rings (SSSR count). The molecule has 1 aliphatic carbocycles. The predicted octanol–water partition coefficient (Wildman–Crippen LogP) is 2.77. The summed E-state index contributed by atoms with van der Waals surface area (Å²) in [4.78, 5) is 20.0. The van der Waals surface area contributed by atoms with E-state index in [0.29, 0.717) is 16.3 Å². The van der Waals surface area contributed by atoms with Crippen molar-refractivity contribution in [2.45, 2.75) is 19.4 Å². The zero-order valence-electron chi connectivity index (χ0n) is 11.2. The number of thiazole rings is 1. The molecule has 0 fully saturated rings. The van der Waals surface area contributed by atoms with Gasteiger partial charge >= 0.3 is 5.97 Å². The topological polar surface area (TPSA) is 86.3 Å². The van der Waals surface area contributed by atoms with Gasteiger partial charge in [-0.25, -0.2) is 9.78 Å². The minimum absolute atomic E-state index is 0.229. The second-order valence-corrected chi connectivity index (χ2v) is 5.72. The molecule has 0 spiro atoms. The van der Waals surface area contributed by atoms with Gasteiger partial charge in [-0.3, -0.25) is 4.99 Å². The fourth-order valence-electron chi connectivity index (χ4n) is 2.35. The molecule has 1 N–H and O–H groups in total. The van der Waals surface area contributed by atoms with Crippen LogP contribution in [-0.4, -0.2) is 28.3 Å². The molecule has 0 bridgehead atoms. The first-order valence-electron chi connectivity index (χ1n) is 6.36. The van der Waals surface area contributed by atoms with Gasteiger partial charge in [-0.15, -0.1) is 11.3 Å². The van der Waals surface area contributed by atoms with Crippen LogP contribution < -0.4 is 0 Å². The Kier molecular flexibility index (Phi) is 3.28. The molecule has 1 aromatic heterocycles. The molecular weight excluding hydrogens is 286 g/mol. The van der Waals surface area contributed by atoms with E-state index in [9.17, 15) is 10.1 Å². The highest BCUT2D eigenvalue weighted by Gasteiger charge is 2.25. The third-order valence-corrected chi connectivity index (χ3v) is 4.52. The smallest absolute Gasteiger partial charge is 0.347 e. The van der Waals surface area contributed by atoms with E-state index in [1.54, 1.807) is 19.2 Å². The number of aromatic nitrogens is 1. The second-order valence-electron chi connectivity index (χ2n) is 4.72. The monoisotopic (exact) mass is 297 g/mol. The number of dihydropyridines is 1. The summed E-state index contributed by atoms with van der Waals surface area (Å²) in [6, 6.07) is 1.94. The molecule has 104 valence electrons. The molecule has 2 aliphatic rings. The maximum absolute atomic E-state index is 11.1. The number of allylic oxidation sites excluding steroid dienone is 3. The molecular formula is C15H11N3O2S. The molecule has 0 saturated heterocycles. The number of nitriles is 1. The van der Waals surface area contributed by atoms with Gasteiger partial charge in [0.05, 0.1) is 17.3 Å². The Morgan fingerprint density at radius 2 is 2.33 bits per heavy atom. The summed E-state index contributed by atoms with van der Waals surface area (Å²) in [5, 5.41) is 19.0. The van der Waals surface area contributed by atoms with Gasteiger partial charge in [0.15, 0.2) is 0 Å².